The fourth-order valence-corrected chi connectivity index (χ4v) is 4.63. The van der Waals surface area contributed by atoms with Gasteiger partial charge in [0.1, 0.15) is 0 Å². The molecule has 0 saturated heterocycles. The van der Waals surface area contributed by atoms with Crippen molar-refractivity contribution in [1.29, 1.82) is 0 Å². The molecule has 0 radical (unpaired) electrons. The van der Waals surface area contributed by atoms with Crippen LogP contribution in [0, 0.1) is 5.92 Å². The summed E-state index contributed by atoms with van der Waals surface area (Å²) in [6.07, 6.45) is 3.10. The number of hydrogen-bond acceptors (Lipinski definition) is 3. The van der Waals surface area contributed by atoms with Crippen LogP contribution in [-0.2, 0) is 16.0 Å². The van der Waals surface area contributed by atoms with Gasteiger partial charge in [0.25, 0.3) is 0 Å². The topological polar surface area (TPSA) is 81.4 Å². The molecule has 2 aliphatic carbocycles. The second kappa shape index (κ2) is 8.62. The number of nitrogens with one attached hydrogen (secondary N) is 1. The summed E-state index contributed by atoms with van der Waals surface area (Å²) in [5.41, 5.74) is 12.8. The first-order valence-electron chi connectivity index (χ1n) is 10.2. The zero-order valence-electron chi connectivity index (χ0n) is 17.0. The van der Waals surface area contributed by atoms with Crippen LogP contribution in [0.25, 0.3) is 16.7 Å². The van der Waals surface area contributed by atoms with E-state index in [4.69, 9.17) is 22.1 Å². The van der Waals surface area contributed by atoms with Crippen LogP contribution in [0.15, 0.2) is 42.0 Å². The van der Waals surface area contributed by atoms with Crippen molar-refractivity contribution in [2.24, 2.45) is 11.7 Å². The van der Waals surface area contributed by atoms with Gasteiger partial charge in [0, 0.05) is 30.2 Å². The van der Waals surface area contributed by atoms with Crippen LogP contribution < -0.4 is 11.1 Å². The van der Waals surface area contributed by atoms with Crippen LogP contribution in [0.1, 0.15) is 40.7 Å². The van der Waals surface area contributed by atoms with Crippen LogP contribution in [-0.4, -0.2) is 32.1 Å². The Morgan fingerprint density at radius 1 is 1.20 bits per heavy atom. The summed E-state index contributed by atoms with van der Waals surface area (Å²) < 4.78 is 5.02. The Morgan fingerprint density at radius 2 is 1.97 bits per heavy atom. The van der Waals surface area contributed by atoms with Crippen LogP contribution in [0.5, 0.6) is 0 Å². The lowest BCUT2D eigenvalue weighted by Crippen LogP contribution is -2.34. The molecule has 3 N–H and O–H groups in total. The summed E-state index contributed by atoms with van der Waals surface area (Å²) in [5, 5.41) is 3.62. The summed E-state index contributed by atoms with van der Waals surface area (Å²) in [6.45, 7) is 1.02. The number of primary amides is 1. The number of amides is 2. The SMILES string of the molecule is COCCNC(=O)C1CCC2=C(C1)c1cc(-c3ccc(Cl)cc3)cc(C(N)=O)c1C2. The van der Waals surface area contributed by atoms with E-state index in [0.29, 0.717) is 30.2 Å². The molecular formula is C24H25ClN2O3. The number of hydrogen-bond donors (Lipinski definition) is 2. The van der Waals surface area contributed by atoms with E-state index >= 15 is 0 Å². The minimum Gasteiger partial charge on any atom is -0.383 e. The smallest absolute Gasteiger partial charge is 0.249 e. The third-order valence-corrected chi connectivity index (χ3v) is 6.31. The van der Waals surface area contributed by atoms with Crippen LogP contribution in [0.4, 0.5) is 0 Å². The number of methoxy groups -OCH3 is 1. The molecule has 5 nitrogen and oxygen atoms in total. The Morgan fingerprint density at radius 3 is 2.67 bits per heavy atom. The van der Waals surface area contributed by atoms with Gasteiger partial charge in [-0.05, 0) is 77.8 Å². The van der Waals surface area contributed by atoms with Crippen LogP contribution >= 0.6 is 11.6 Å². The third kappa shape index (κ3) is 4.00. The number of halogens is 1. The molecule has 0 bridgehead atoms. The number of carbonyl (C=O) groups is 2. The molecule has 0 spiro atoms. The predicted molar refractivity (Wildman–Crippen MR) is 118 cm³/mol. The van der Waals surface area contributed by atoms with Gasteiger partial charge in [-0.15, -0.1) is 0 Å². The molecule has 1 atom stereocenters. The first-order valence-corrected chi connectivity index (χ1v) is 10.6. The van der Waals surface area contributed by atoms with E-state index in [2.05, 4.69) is 11.4 Å². The quantitative estimate of drug-likeness (QED) is 0.688. The van der Waals surface area contributed by atoms with Gasteiger partial charge in [0.05, 0.1) is 6.61 Å². The molecule has 2 aromatic carbocycles. The maximum absolute atomic E-state index is 12.6. The molecule has 0 saturated carbocycles. The highest BCUT2D eigenvalue weighted by atomic mass is 35.5. The normalized spacial score (nSPS) is 17.5. The maximum Gasteiger partial charge on any atom is 0.249 e. The standard InChI is InChI=1S/C24H25ClN2O3/c1-30-9-8-27-24(29)16-3-2-15-10-21-20(19(15)11-16)12-17(13-22(21)23(26)28)14-4-6-18(25)7-5-14/h4-7,12-13,16H,2-3,8-11H2,1H3,(H2,26,28)(H,27,29). The Kier molecular flexibility index (Phi) is 5.93. The Balaban J connectivity index is 1.67. The van der Waals surface area contributed by atoms with Crippen molar-refractivity contribution >= 4 is 29.0 Å². The van der Waals surface area contributed by atoms with Crippen molar-refractivity contribution in [3.8, 4) is 11.1 Å². The zero-order chi connectivity index (χ0) is 21.3. The Bertz CT molecular complexity index is 1030. The molecule has 2 amide bonds. The first-order chi connectivity index (χ1) is 14.5. The summed E-state index contributed by atoms with van der Waals surface area (Å²) in [6, 6.07) is 11.5. The van der Waals surface area contributed by atoms with E-state index in [9.17, 15) is 9.59 Å². The molecule has 156 valence electrons. The minimum absolute atomic E-state index is 0.0658. The molecule has 4 rings (SSSR count). The predicted octanol–water partition coefficient (Wildman–Crippen LogP) is 3.98. The van der Waals surface area contributed by atoms with Crippen molar-refractivity contribution in [3.63, 3.8) is 0 Å². The van der Waals surface area contributed by atoms with Gasteiger partial charge < -0.3 is 15.8 Å². The molecule has 0 fully saturated rings. The fourth-order valence-electron chi connectivity index (χ4n) is 4.51. The summed E-state index contributed by atoms with van der Waals surface area (Å²) in [5.74, 6) is -0.422. The van der Waals surface area contributed by atoms with Crippen molar-refractivity contribution < 1.29 is 14.3 Å². The largest absolute Gasteiger partial charge is 0.383 e. The van der Waals surface area contributed by atoms with E-state index in [1.807, 2.05) is 30.3 Å². The van der Waals surface area contributed by atoms with E-state index < -0.39 is 5.91 Å². The summed E-state index contributed by atoms with van der Waals surface area (Å²) in [4.78, 5) is 24.8. The van der Waals surface area contributed by atoms with Gasteiger partial charge in [-0.1, -0.05) is 29.3 Å². The third-order valence-electron chi connectivity index (χ3n) is 6.06. The van der Waals surface area contributed by atoms with Crippen molar-refractivity contribution in [2.45, 2.75) is 25.7 Å². The summed E-state index contributed by atoms with van der Waals surface area (Å²) in [7, 11) is 1.62. The number of ether oxygens (including phenoxy) is 1. The molecule has 0 heterocycles. The van der Waals surface area contributed by atoms with E-state index in [1.54, 1.807) is 7.11 Å². The van der Waals surface area contributed by atoms with Gasteiger partial charge in [0.2, 0.25) is 11.8 Å². The van der Waals surface area contributed by atoms with Crippen molar-refractivity contribution in [3.05, 3.63) is 63.7 Å². The molecule has 6 heteroatoms. The van der Waals surface area contributed by atoms with Crippen molar-refractivity contribution in [2.75, 3.05) is 20.3 Å². The molecule has 2 aromatic rings. The number of allylic oxidation sites excluding steroid dienone is 2. The Labute approximate surface area is 181 Å². The molecule has 0 aromatic heterocycles. The lowest BCUT2D eigenvalue weighted by molar-refractivity contribution is -0.125. The van der Waals surface area contributed by atoms with Crippen LogP contribution in [0.2, 0.25) is 5.02 Å². The number of fused-ring (bicyclic) bond motifs is 2. The van der Waals surface area contributed by atoms with Gasteiger partial charge in [-0.3, -0.25) is 9.59 Å². The van der Waals surface area contributed by atoms with E-state index in [0.717, 1.165) is 41.5 Å². The monoisotopic (exact) mass is 424 g/mol. The van der Waals surface area contributed by atoms with E-state index in [1.165, 1.54) is 11.1 Å². The second-order valence-electron chi connectivity index (χ2n) is 7.90. The first kappa shape index (κ1) is 20.6. The summed E-state index contributed by atoms with van der Waals surface area (Å²) >= 11 is 6.03. The molecule has 2 aliphatic rings. The van der Waals surface area contributed by atoms with E-state index in [-0.39, 0.29) is 11.8 Å². The number of rotatable bonds is 6. The van der Waals surface area contributed by atoms with Crippen LogP contribution in [0.3, 0.4) is 0 Å². The highest BCUT2D eigenvalue weighted by molar-refractivity contribution is 6.30. The second-order valence-corrected chi connectivity index (χ2v) is 8.34. The average molecular weight is 425 g/mol. The fraction of sp³-hybridized carbons (Fsp3) is 0.333. The molecule has 0 aliphatic heterocycles. The minimum atomic E-state index is -0.421. The van der Waals surface area contributed by atoms with Crippen molar-refractivity contribution in [1.82, 2.24) is 5.32 Å². The number of benzene rings is 2. The Hall–Kier alpha value is -2.63. The zero-order valence-corrected chi connectivity index (χ0v) is 17.7. The molecule has 30 heavy (non-hydrogen) atoms. The van der Waals surface area contributed by atoms with Gasteiger partial charge in [-0.2, -0.15) is 0 Å². The molecular weight excluding hydrogens is 400 g/mol. The van der Waals surface area contributed by atoms with Gasteiger partial charge >= 0.3 is 0 Å². The lowest BCUT2D eigenvalue weighted by Gasteiger charge is -2.24. The van der Waals surface area contributed by atoms with Gasteiger partial charge in [-0.25, -0.2) is 0 Å². The van der Waals surface area contributed by atoms with Gasteiger partial charge in [0.15, 0.2) is 0 Å². The average Bonchev–Trinajstić information content (AvgIpc) is 3.11. The lowest BCUT2D eigenvalue weighted by atomic mass is 9.83. The number of nitrogens with two attached hydrogens (primary N) is 1. The maximum atomic E-state index is 12.6. The highest BCUT2D eigenvalue weighted by Crippen LogP contribution is 2.46. The highest BCUT2D eigenvalue weighted by Gasteiger charge is 2.33. The number of carbonyl (C=O) groups excluding carboxylic acids is 2. The molecule has 1 unspecified atom stereocenters.